The number of amides is 1. The molecule has 0 aromatic heterocycles. The molecule has 19 heavy (non-hydrogen) atoms. The number of aryl methyl sites for hydroxylation is 1. The predicted octanol–water partition coefficient (Wildman–Crippen LogP) is 2.11. The summed E-state index contributed by atoms with van der Waals surface area (Å²) in [6.45, 7) is 6.62. The molecule has 1 atom stereocenters. The summed E-state index contributed by atoms with van der Waals surface area (Å²) < 4.78 is 5.23. The average Bonchev–Trinajstić information content (AvgIpc) is 2.37. The SMILES string of the molecule is COc1ccc(C)cc1C(=O)NC(CN)CC(C)C. The van der Waals surface area contributed by atoms with Gasteiger partial charge in [0.05, 0.1) is 12.7 Å². The lowest BCUT2D eigenvalue weighted by molar-refractivity contribution is 0.0930. The van der Waals surface area contributed by atoms with Gasteiger partial charge >= 0.3 is 0 Å². The molecule has 0 fully saturated rings. The molecule has 1 aromatic carbocycles. The van der Waals surface area contributed by atoms with Crippen LogP contribution in [-0.2, 0) is 0 Å². The molecule has 0 spiro atoms. The van der Waals surface area contributed by atoms with Gasteiger partial charge < -0.3 is 15.8 Å². The zero-order chi connectivity index (χ0) is 14.4. The van der Waals surface area contributed by atoms with Crippen molar-refractivity contribution in [2.45, 2.75) is 33.2 Å². The summed E-state index contributed by atoms with van der Waals surface area (Å²) in [5.41, 5.74) is 7.29. The first-order valence-corrected chi connectivity index (χ1v) is 6.63. The van der Waals surface area contributed by atoms with Crippen molar-refractivity contribution in [1.82, 2.24) is 5.32 Å². The molecule has 0 saturated heterocycles. The van der Waals surface area contributed by atoms with Gasteiger partial charge in [-0.1, -0.05) is 25.5 Å². The van der Waals surface area contributed by atoms with Crippen molar-refractivity contribution < 1.29 is 9.53 Å². The Bertz CT molecular complexity index is 430. The Morgan fingerprint density at radius 3 is 2.63 bits per heavy atom. The Morgan fingerprint density at radius 1 is 1.42 bits per heavy atom. The van der Waals surface area contributed by atoms with Crippen molar-refractivity contribution >= 4 is 5.91 Å². The van der Waals surface area contributed by atoms with Crippen LogP contribution in [0.25, 0.3) is 0 Å². The van der Waals surface area contributed by atoms with Gasteiger partial charge in [0.25, 0.3) is 5.91 Å². The summed E-state index contributed by atoms with van der Waals surface area (Å²) in [6, 6.07) is 5.56. The number of benzene rings is 1. The van der Waals surface area contributed by atoms with Crippen LogP contribution in [0, 0.1) is 12.8 Å². The molecular formula is C15H24N2O2. The molecule has 1 aromatic rings. The van der Waals surface area contributed by atoms with Gasteiger partial charge in [-0.25, -0.2) is 0 Å². The number of nitrogens with two attached hydrogens (primary N) is 1. The molecule has 0 radical (unpaired) electrons. The van der Waals surface area contributed by atoms with Crippen LogP contribution in [0.15, 0.2) is 18.2 Å². The summed E-state index contributed by atoms with van der Waals surface area (Å²) >= 11 is 0. The first-order chi connectivity index (χ1) is 8.97. The van der Waals surface area contributed by atoms with Crippen molar-refractivity contribution in [3.05, 3.63) is 29.3 Å². The molecule has 0 bridgehead atoms. The second-order valence-electron chi connectivity index (χ2n) is 5.24. The largest absolute Gasteiger partial charge is 0.496 e. The van der Waals surface area contributed by atoms with Crippen LogP contribution in [0.1, 0.15) is 36.2 Å². The predicted molar refractivity (Wildman–Crippen MR) is 77.5 cm³/mol. The maximum absolute atomic E-state index is 12.3. The van der Waals surface area contributed by atoms with Crippen LogP contribution in [0.5, 0.6) is 5.75 Å². The number of hydrogen-bond donors (Lipinski definition) is 2. The summed E-state index contributed by atoms with van der Waals surface area (Å²) in [6.07, 6.45) is 0.871. The van der Waals surface area contributed by atoms with Crippen LogP contribution in [0.3, 0.4) is 0 Å². The van der Waals surface area contributed by atoms with Gasteiger partial charge in [-0.15, -0.1) is 0 Å². The quantitative estimate of drug-likeness (QED) is 0.827. The zero-order valence-electron chi connectivity index (χ0n) is 12.2. The van der Waals surface area contributed by atoms with E-state index < -0.39 is 0 Å². The van der Waals surface area contributed by atoms with Crippen molar-refractivity contribution in [3.8, 4) is 5.75 Å². The van der Waals surface area contributed by atoms with Gasteiger partial charge in [0.1, 0.15) is 5.75 Å². The normalized spacial score (nSPS) is 12.3. The molecule has 1 amide bonds. The van der Waals surface area contributed by atoms with Gasteiger partial charge in [-0.2, -0.15) is 0 Å². The van der Waals surface area contributed by atoms with Crippen LogP contribution in [0.4, 0.5) is 0 Å². The van der Waals surface area contributed by atoms with Gasteiger partial charge in [-0.05, 0) is 31.4 Å². The first kappa shape index (κ1) is 15.5. The Morgan fingerprint density at radius 2 is 2.11 bits per heavy atom. The highest BCUT2D eigenvalue weighted by Gasteiger charge is 2.17. The van der Waals surface area contributed by atoms with E-state index in [1.807, 2.05) is 25.1 Å². The summed E-state index contributed by atoms with van der Waals surface area (Å²) in [7, 11) is 1.57. The molecule has 0 heterocycles. The number of carbonyl (C=O) groups is 1. The van der Waals surface area contributed by atoms with Gasteiger partial charge in [0, 0.05) is 12.6 Å². The molecule has 0 aliphatic carbocycles. The molecule has 1 rings (SSSR count). The second-order valence-corrected chi connectivity index (χ2v) is 5.24. The topological polar surface area (TPSA) is 64.3 Å². The number of carbonyl (C=O) groups excluding carboxylic acids is 1. The molecule has 106 valence electrons. The molecule has 0 saturated carbocycles. The fraction of sp³-hybridized carbons (Fsp3) is 0.533. The number of rotatable bonds is 6. The van der Waals surface area contributed by atoms with E-state index in [9.17, 15) is 4.79 Å². The van der Waals surface area contributed by atoms with Crippen molar-refractivity contribution in [3.63, 3.8) is 0 Å². The summed E-state index contributed by atoms with van der Waals surface area (Å²) in [4.78, 5) is 12.3. The summed E-state index contributed by atoms with van der Waals surface area (Å²) in [5.74, 6) is 0.952. The molecule has 4 heteroatoms. The average molecular weight is 264 g/mol. The minimum Gasteiger partial charge on any atom is -0.496 e. The Labute approximate surface area is 115 Å². The second kappa shape index (κ2) is 7.14. The maximum atomic E-state index is 12.3. The minimum atomic E-state index is -0.128. The molecule has 0 aliphatic rings. The number of hydrogen-bond acceptors (Lipinski definition) is 3. The highest BCUT2D eigenvalue weighted by molar-refractivity contribution is 5.97. The number of methoxy groups -OCH3 is 1. The Balaban J connectivity index is 2.84. The first-order valence-electron chi connectivity index (χ1n) is 6.63. The number of nitrogens with one attached hydrogen (secondary N) is 1. The molecule has 1 unspecified atom stereocenters. The van der Waals surface area contributed by atoms with E-state index in [0.717, 1.165) is 12.0 Å². The molecular weight excluding hydrogens is 240 g/mol. The van der Waals surface area contributed by atoms with Gasteiger partial charge in [0.15, 0.2) is 0 Å². The van der Waals surface area contributed by atoms with E-state index in [2.05, 4.69) is 19.2 Å². The maximum Gasteiger partial charge on any atom is 0.255 e. The van der Waals surface area contributed by atoms with E-state index in [1.54, 1.807) is 7.11 Å². The lowest BCUT2D eigenvalue weighted by atomic mass is 10.0. The highest BCUT2D eigenvalue weighted by atomic mass is 16.5. The van der Waals surface area contributed by atoms with E-state index in [4.69, 9.17) is 10.5 Å². The van der Waals surface area contributed by atoms with Crippen molar-refractivity contribution in [2.24, 2.45) is 11.7 Å². The molecule has 0 aliphatic heterocycles. The monoisotopic (exact) mass is 264 g/mol. The Kier molecular flexibility index (Phi) is 5.83. The fourth-order valence-electron chi connectivity index (χ4n) is 2.05. The zero-order valence-corrected chi connectivity index (χ0v) is 12.2. The van der Waals surface area contributed by atoms with Crippen molar-refractivity contribution in [2.75, 3.05) is 13.7 Å². The van der Waals surface area contributed by atoms with Crippen LogP contribution in [-0.4, -0.2) is 25.6 Å². The number of ether oxygens (including phenoxy) is 1. The lowest BCUT2D eigenvalue weighted by Crippen LogP contribution is -2.41. The van der Waals surface area contributed by atoms with E-state index in [-0.39, 0.29) is 11.9 Å². The van der Waals surface area contributed by atoms with Gasteiger partial charge in [-0.3, -0.25) is 4.79 Å². The van der Waals surface area contributed by atoms with Crippen LogP contribution in [0.2, 0.25) is 0 Å². The highest BCUT2D eigenvalue weighted by Crippen LogP contribution is 2.19. The van der Waals surface area contributed by atoms with Crippen molar-refractivity contribution in [1.29, 1.82) is 0 Å². The minimum absolute atomic E-state index is 0.00211. The third-order valence-corrected chi connectivity index (χ3v) is 2.98. The molecule has 4 nitrogen and oxygen atoms in total. The Hall–Kier alpha value is -1.55. The van der Waals surface area contributed by atoms with Gasteiger partial charge in [0.2, 0.25) is 0 Å². The van der Waals surface area contributed by atoms with Crippen LogP contribution < -0.4 is 15.8 Å². The van der Waals surface area contributed by atoms with E-state index >= 15 is 0 Å². The lowest BCUT2D eigenvalue weighted by Gasteiger charge is -2.19. The smallest absolute Gasteiger partial charge is 0.255 e. The van der Waals surface area contributed by atoms with E-state index in [0.29, 0.717) is 23.8 Å². The molecule has 3 N–H and O–H groups in total. The summed E-state index contributed by atoms with van der Waals surface area (Å²) in [5, 5.41) is 2.97. The standard InChI is InChI=1S/C15H24N2O2/c1-10(2)7-12(9-16)17-15(18)13-8-11(3)5-6-14(13)19-4/h5-6,8,10,12H,7,9,16H2,1-4H3,(H,17,18). The van der Waals surface area contributed by atoms with Crippen LogP contribution >= 0.6 is 0 Å². The third kappa shape index (κ3) is 4.56. The van der Waals surface area contributed by atoms with E-state index in [1.165, 1.54) is 0 Å². The third-order valence-electron chi connectivity index (χ3n) is 2.98. The fourth-order valence-corrected chi connectivity index (χ4v) is 2.05.